The van der Waals surface area contributed by atoms with Crippen molar-refractivity contribution in [2.24, 2.45) is 5.92 Å². The maximum absolute atomic E-state index is 13.7. The lowest BCUT2D eigenvalue weighted by Gasteiger charge is -2.14. The van der Waals surface area contributed by atoms with Gasteiger partial charge in [-0.1, -0.05) is 6.07 Å². The summed E-state index contributed by atoms with van der Waals surface area (Å²) >= 11 is 0. The Kier molecular flexibility index (Phi) is 4.64. The molecule has 1 heterocycles. The minimum Gasteiger partial charge on any atom is -0.426 e. The Hall–Kier alpha value is -1.87. The molecule has 2 atom stereocenters. The van der Waals surface area contributed by atoms with E-state index in [1.165, 1.54) is 0 Å². The van der Waals surface area contributed by atoms with Gasteiger partial charge in [0.25, 0.3) is 0 Å². The summed E-state index contributed by atoms with van der Waals surface area (Å²) in [6.45, 7) is 1.70. The molecule has 2 aromatic rings. The van der Waals surface area contributed by atoms with Crippen LogP contribution in [0.2, 0.25) is 0 Å². The van der Waals surface area contributed by atoms with Crippen LogP contribution in [0.25, 0.3) is 0 Å². The fourth-order valence-corrected chi connectivity index (χ4v) is 4.47. The molecule has 0 radical (unpaired) electrons. The van der Waals surface area contributed by atoms with Crippen molar-refractivity contribution < 1.29 is 21.6 Å². The van der Waals surface area contributed by atoms with Gasteiger partial charge in [-0.15, -0.1) is 10.2 Å². The van der Waals surface area contributed by atoms with E-state index >= 15 is 0 Å². The molecule has 3 rings (SSSR count). The summed E-state index contributed by atoms with van der Waals surface area (Å²) < 4.78 is 59.7. The van der Waals surface area contributed by atoms with Crippen molar-refractivity contribution in [2.45, 2.75) is 43.5 Å². The summed E-state index contributed by atoms with van der Waals surface area (Å²) in [5.41, 5.74) is 0. The Labute approximate surface area is 138 Å². The lowest BCUT2D eigenvalue weighted by Crippen LogP contribution is -2.34. The van der Waals surface area contributed by atoms with E-state index in [2.05, 4.69) is 14.9 Å². The predicted molar refractivity (Wildman–Crippen MR) is 80.5 cm³/mol. The first-order valence-corrected chi connectivity index (χ1v) is 9.09. The Morgan fingerprint density at radius 2 is 1.96 bits per heavy atom. The van der Waals surface area contributed by atoms with Gasteiger partial charge >= 0.3 is 0 Å². The summed E-state index contributed by atoms with van der Waals surface area (Å²) in [4.78, 5) is -0.930. The summed E-state index contributed by atoms with van der Waals surface area (Å²) in [7, 11) is -4.25. The van der Waals surface area contributed by atoms with Crippen LogP contribution in [0.5, 0.6) is 0 Å². The molecule has 1 fully saturated rings. The van der Waals surface area contributed by atoms with Crippen molar-refractivity contribution in [1.29, 1.82) is 0 Å². The standard InChI is InChI=1S/C15H17F2N3O3S/c1-9-18-19-14(23-9)8-10-5-6-11(7-10)20-24(21,22)15-12(16)3-2-4-13(15)17/h2-4,10-11,20H,5-8H2,1H3/t10-,11+/m1/s1. The van der Waals surface area contributed by atoms with Crippen molar-refractivity contribution >= 4 is 10.0 Å². The Morgan fingerprint density at radius 3 is 2.58 bits per heavy atom. The normalized spacial score (nSPS) is 21.3. The molecule has 0 amide bonds. The average Bonchev–Trinajstić information content (AvgIpc) is 3.07. The third-order valence-corrected chi connectivity index (χ3v) is 5.65. The molecule has 24 heavy (non-hydrogen) atoms. The van der Waals surface area contributed by atoms with E-state index in [0.717, 1.165) is 24.6 Å². The van der Waals surface area contributed by atoms with E-state index in [1.807, 2.05) is 0 Å². The summed E-state index contributed by atoms with van der Waals surface area (Å²) in [6, 6.07) is 2.60. The van der Waals surface area contributed by atoms with Crippen LogP contribution in [0.15, 0.2) is 27.5 Å². The summed E-state index contributed by atoms with van der Waals surface area (Å²) in [5, 5.41) is 7.68. The highest BCUT2D eigenvalue weighted by Crippen LogP contribution is 2.30. The molecule has 1 aliphatic rings. The Balaban J connectivity index is 1.66. The van der Waals surface area contributed by atoms with Crippen molar-refractivity contribution in [1.82, 2.24) is 14.9 Å². The molecule has 1 aromatic heterocycles. The Bertz CT molecular complexity index is 818. The second-order valence-corrected chi connectivity index (χ2v) is 7.62. The topological polar surface area (TPSA) is 85.1 Å². The number of benzene rings is 1. The van der Waals surface area contributed by atoms with Gasteiger partial charge in [-0.05, 0) is 37.3 Å². The number of nitrogens with one attached hydrogen (secondary N) is 1. The second kappa shape index (κ2) is 6.56. The number of hydrogen-bond donors (Lipinski definition) is 1. The van der Waals surface area contributed by atoms with Crippen molar-refractivity contribution in [3.8, 4) is 0 Å². The number of hydrogen-bond acceptors (Lipinski definition) is 5. The minimum absolute atomic E-state index is 0.183. The molecule has 6 nitrogen and oxygen atoms in total. The smallest absolute Gasteiger partial charge is 0.246 e. The molecule has 1 aliphatic carbocycles. The molecule has 0 unspecified atom stereocenters. The highest BCUT2D eigenvalue weighted by molar-refractivity contribution is 7.89. The number of rotatable bonds is 5. The van der Waals surface area contributed by atoms with E-state index in [1.54, 1.807) is 6.92 Å². The van der Waals surface area contributed by atoms with Crippen LogP contribution in [0, 0.1) is 24.5 Å². The average molecular weight is 357 g/mol. The predicted octanol–water partition coefficient (Wildman–Crippen LogP) is 2.35. The largest absolute Gasteiger partial charge is 0.426 e. The number of nitrogens with zero attached hydrogens (tertiary/aromatic N) is 2. The lowest BCUT2D eigenvalue weighted by atomic mass is 10.0. The van der Waals surface area contributed by atoms with E-state index < -0.39 is 26.6 Å². The number of sulfonamides is 1. The molecule has 0 aliphatic heterocycles. The van der Waals surface area contributed by atoms with E-state index in [4.69, 9.17) is 4.42 Å². The lowest BCUT2D eigenvalue weighted by molar-refractivity contribution is 0.413. The molecular weight excluding hydrogens is 340 g/mol. The highest BCUT2D eigenvalue weighted by atomic mass is 32.2. The molecule has 1 N–H and O–H groups in total. The van der Waals surface area contributed by atoms with Gasteiger partial charge in [0.15, 0.2) is 4.90 Å². The van der Waals surface area contributed by atoms with Gasteiger partial charge in [-0.3, -0.25) is 0 Å². The molecule has 1 aromatic carbocycles. The van der Waals surface area contributed by atoms with E-state index in [9.17, 15) is 17.2 Å². The monoisotopic (exact) mass is 357 g/mol. The molecular formula is C15H17F2N3O3S. The maximum atomic E-state index is 13.7. The molecule has 0 saturated heterocycles. The number of aromatic nitrogens is 2. The van der Waals surface area contributed by atoms with Gasteiger partial charge in [0, 0.05) is 19.4 Å². The van der Waals surface area contributed by atoms with E-state index in [-0.39, 0.29) is 12.0 Å². The number of halogens is 2. The first-order chi connectivity index (χ1) is 11.3. The van der Waals surface area contributed by atoms with Gasteiger partial charge in [0.05, 0.1) is 0 Å². The zero-order valence-electron chi connectivity index (χ0n) is 13.0. The van der Waals surface area contributed by atoms with Crippen LogP contribution in [0.4, 0.5) is 8.78 Å². The third-order valence-electron chi connectivity index (χ3n) is 4.08. The van der Waals surface area contributed by atoms with Crippen LogP contribution in [-0.2, 0) is 16.4 Å². The molecule has 0 spiro atoms. The van der Waals surface area contributed by atoms with Gasteiger partial charge in [-0.2, -0.15) is 0 Å². The molecule has 9 heteroatoms. The summed E-state index contributed by atoms with van der Waals surface area (Å²) in [6.07, 6.45) is 2.48. The SMILES string of the molecule is Cc1nnc(C[C@@H]2CC[C@H](NS(=O)(=O)c3c(F)cccc3F)C2)o1. The van der Waals surface area contributed by atoms with Crippen molar-refractivity contribution in [3.05, 3.63) is 41.6 Å². The van der Waals surface area contributed by atoms with Gasteiger partial charge < -0.3 is 4.42 Å². The van der Waals surface area contributed by atoms with Crippen LogP contribution in [0.3, 0.4) is 0 Å². The fourth-order valence-electron chi connectivity index (χ4n) is 3.05. The number of aryl methyl sites for hydroxylation is 1. The van der Waals surface area contributed by atoms with Gasteiger partial charge in [0.2, 0.25) is 21.8 Å². The molecule has 130 valence electrons. The van der Waals surface area contributed by atoms with Crippen molar-refractivity contribution in [2.75, 3.05) is 0 Å². The van der Waals surface area contributed by atoms with E-state index in [0.29, 0.717) is 31.0 Å². The van der Waals surface area contributed by atoms with Crippen molar-refractivity contribution in [3.63, 3.8) is 0 Å². The first-order valence-electron chi connectivity index (χ1n) is 7.60. The van der Waals surface area contributed by atoms with Crippen LogP contribution in [0.1, 0.15) is 31.0 Å². The van der Waals surface area contributed by atoms with Gasteiger partial charge in [0.1, 0.15) is 11.6 Å². The molecule has 1 saturated carbocycles. The van der Waals surface area contributed by atoms with Gasteiger partial charge in [-0.25, -0.2) is 21.9 Å². The quantitative estimate of drug-likeness (QED) is 0.888. The highest BCUT2D eigenvalue weighted by Gasteiger charge is 2.32. The van der Waals surface area contributed by atoms with Crippen LogP contribution in [-0.4, -0.2) is 24.7 Å². The first kappa shape index (κ1) is 17.0. The molecule has 0 bridgehead atoms. The zero-order chi connectivity index (χ0) is 17.3. The van der Waals surface area contributed by atoms with Crippen LogP contribution >= 0.6 is 0 Å². The minimum atomic E-state index is -4.25. The summed E-state index contributed by atoms with van der Waals surface area (Å²) in [5.74, 6) is -1.02. The van der Waals surface area contributed by atoms with Crippen LogP contribution < -0.4 is 4.72 Å². The maximum Gasteiger partial charge on any atom is 0.246 e. The zero-order valence-corrected chi connectivity index (χ0v) is 13.8. The third kappa shape index (κ3) is 3.62. The second-order valence-electron chi connectivity index (χ2n) is 5.97. The Morgan fingerprint density at radius 1 is 1.25 bits per heavy atom. The fraction of sp³-hybridized carbons (Fsp3) is 0.467.